The van der Waals surface area contributed by atoms with Gasteiger partial charge in [-0.25, -0.2) is 9.97 Å². The number of rotatable bonds is 3. The van der Waals surface area contributed by atoms with Gasteiger partial charge in [-0.2, -0.15) is 0 Å². The second-order valence-corrected chi connectivity index (χ2v) is 12.2. The summed E-state index contributed by atoms with van der Waals surface area (Å²) < 4.78 is 11.3. The van der Waals surface area contributed by atoms with Crippen molar-refractivity contribution < 1.29 is 4.42 Å². The van der Waals surface area contributed by atoms with Crippen LogP contribution in [0.15, 0.2) is 150 Å². The summed E-state index contributed by atoms with van der Waals surface area (Å²) in [6.45, 7) is 0. The Hall–Kier alpha value is -6.46. The van der Waals surface area contributed by atoms with Crippen molar-refractivity contribution in [2.45, 2.75) is 0 Å². The van der Waals surface area contributed by atoms with Gasteiger partial charge in [0.25, 0.3) is 0 Å². The van der Waals surface area contributed by atoms with Gasteiger partial charge in [-0.05, 0) is 41.1 Å². The summed E-state index contributed by atoms with van der Waals surface area (Å²) in [5.74, 6) is 1.52. The lowest BCUT2D eigenvalue weighted by molar-refractivity contribution is 0.669. The van der Waals surface area contributed by atoms with E-state index in [2.05, 4.69) is 130 Å². The molecule has 0 aliphatic rings. The SMILES string of the molecule is c1ccc(-c2cc(-n3c4cccc5c6cccc7oc8cccc(c8c76)n6c7ccccc7c3c6c54)nc(-c3ccccc3)n2)cc1. The number of nitrogens with zero attached hydrogens (tertiary/aromatic N) is 4. The number of aromatic nitrogens is 4. The molecule has 0 aliphatic carbocycles. The van der Waals surface area contributed by atoms with Crippen LogP contribution < -0.4 is 0 Å². The van der Waals surface area contributed by atoms with E-state index in [9.17, 15) is 0 Å². The third-order valence-electron chi connectivity index (χ3n) is 9.67. The summed E-state index contributed by atoms with van der Waals surface area (Å²) in [5, 5.41) is 6.99. The number of hydrogen-bond acceptors (Lipinski definition) is 3. The van der Waals surface area contributed by atoms with Crippen LogP contribution in [0.2, 0.25) is 0 Å². The van der Waals surface area contributed by atoms with Crippen molar-refractivity contribution in [2.75, 3.05) is 0 Å². The minimum atomic E-state index is 0.692. The van der Waals surface area contributed by atoms with E-state index in [1.54, 1.807) is 0 Å². The maximum Gasteiger partial charge on any atom is 0.162 e. The topological polar surface area (TPSA) is 48.3 Å². The third-order valence-corrected chi connectivity index (χ3v) is 9.67. The van der Waals surface area contributed by atoms with Crippen molar-refractivity contribution in [1.82, 2.24) is 18.9 Å². The van der Waals surface area contributed by atoms with Crippen LogP contribution in [0.4, 0.5) is 0 Å². The van der Waals surface area contributed by atoms with E-state index in [0.717, 1.165) is 77.5 Å². The molecule has 5 heterocycles. The Balaban J connectivity index is 1.41. The van der Waals surface area contributed by atoms with Gasteiger partial charge >= 0.3 is 0 Å². The predicted molar refractivity (Wildman–Crippen MR) is 192 cm³/mol. The third kappa shape index (κ3) is 3.27. The van der Waals surface area contributed by atoms with E-state index in [1.165, 1.54) is 16.2 Å². The van der Waals surface area contributed by atoms with E-state index in [1.807, 2.05) is 24.3 Å². The van der Waals surface area contributed by atoms with Gasteiger partial charge in [0.15, 0.2) is 5.82 Å². The zero-order valence-electron chi connectivity index (χ0n) is 25.1. The minimum Gasteiger partial charge on any atom is -0.456 e. The largest absolute Gasteiger partial charge is 0.456 e. The quantitative estimate of drug-likeness (QED) is 0.203. The lowest BCUT2D eigenvalue weighted by atomic mass is 10.0. The van der Waals surface area contributed by atoms with Crippen molar-refractivity contribution >= 4 is 71.1 Å². The number of para-hydroxylation sites is 1. The summed E-state index contributed by atoms with van der Waals surface area (Å²) in [4.78, 5) is 10.4. The van der Waals surface area contributed by atoms with Gasteiger partial charge in [0.05, 0.1) is 38.7 Å². The highest BCUT2D eigenvalue weighted by Crippen LogP contribution is 2.46. The Morgan fingerprint density at radius 1 is 0.447 bits per heavy atom. The van der Waals surface area contributed by atoms with Gasteiger partial charge in [0.2, 0.25) is 0 Å². The van der Waals surface area contributed by atoms with E-state index in [0.29, 0.717) is 5.82 Å². The zero-order chi connectivity index (χ0) is 30.6. The molecule has 0 aliphatic heterocycles. The fraction of sp³-hybridized carbons (Fsp3) is 0. The normalized spacial score (nSPS) is 12.3. The molecule has 0 atom stereocenters. The first-order valence-electron chi connectivity index (χ1n) is 15.9. The standard InChI is InChI=1S/C42H24N4O/c1-3-12-25(13-4-1)30-24-36(44-42(43-30)26-14-5-2-6-15-26)46-32-20-9-17-27-28-18-10-22-34-38(28)39-33(21-11-23-35(39)47-34)45-31-19-8-7-16-29(31)40(46)41(45)37(27)32/h1-24H. The average Bonchev–Trinajstić information content (AvgIpc) is 3.79. The van der Waals surface area contributed by atoms with Crippen LogP contribution in [-0.2, 0) is 0 Å². The zero-order valence-corrected chi connectivity index (χ0v) is 25.1. The smallest absolute Gasteiger partial charge is 0.162 e. The molecule has 0 spiro atoms. The Morgan fingerprint density at radius 2 is 1.06 bits per heavy atom. The van der Waals surface area contributed by atoms with Crippen molar-refractivity contribution in [1.29, 1.82) is 0 Å². The Bertz CT molecular complexity index is 2950. The van der Waals surface area contributed by atoms with Gasteiger partial charge in [-0.1, -0.05) is 109 Å². The lowest BCUT2D eigenvalue weighted by Gasteiger charge is -2.12. The second kappa shape index (κ2) is 9.05. The minimum absolute atomic E-state index is 0.692. The van der Waals surface area contributed by atoms with Gasteiger partial charge in [-0.15, -0.1) is 0 Å². The molecule has 11 rings (SSSR count). The molecule has 218 valence electrons. The van der Waals surface area contributed by atoms with Crippen molar-refractivity contribution in [2.24, 2.45) is 0 Å². The maximum atomic E-state index is 6.49. The average molecular weight is 601 g/mol. The predicted octanol–water partition coefficient (Wildman–Crippen LogP) is 10.8. The first-order chi connectivity index (χ1) is 23.3. The van der Waals surface area contributed by atoms with Gasteiger partial charge in [-0.3, -0.25) is 4.57 Å². The fourth-order valence-electron chi connectivity index (χ4n) is 7.77. The van der Waals surface area contributed by atoms with Crippen LogP contribution in [-0.4, -0.2) is 18.9 Å². The summed E-state index contributed by atoms with van der Waals surface area (Å²) in [6.07, 6.45) is 0. The maximum absolute atomic E-state index is 6.49. The first-order valence-corrected chi connectivity index (χ1v) is 15.9. The molecule has 0 saturated carbocycles. The molecule has 0 amide bonds. The summed E-state index contributed by atoms with van der Waals surface area (Å²) in [7, 11) is 0. The molecule has 0 N–H and O–H groups in total. The molecule has 0 saturated heterocycles. The first kappa shape index (κ1) is 24.8. The molecular formula is C42H24N4O. The summed E-state index contributed by atoms with van der Waals surface area (Å²) in [6, 6.07) is 51.0. The molecule has 5 aromatic heterocycles. The molecule has 47 heavy (non-hydrogen) atoms. The van der Waals surface area contributed by atoms with Crippen LogP contribution in [0.5, 0.6) is 0 Å². The van der Waals surface area contributed by atoms with E-state index >= 15 is 0 Å². The van der Waals surface area contributed by atoms with Crippen LogP contribution in [0, 0.1) is 0 Å². The number of furan rings is 1. The Kier molecular flexibility index (Phi) is 4.78. The monoisotopic (exact) mass is 600 g/mol. The fourth-order valence-corrected chi connectivity index (χ4v) is 7.77. The van der Waals surface area contributed by atoms with Crippen LogP contribution in [0.1, 0.15) is 0 Å². The number of hydrogen-bond donors (Lipinski definition) is 0. The highest BCUT2D eigenvalue weighted by atomic mass is 16.3. The van der Waals surface area contributed by atoms with E-state index < -0.39 is 0 Å². The van der Waals surface area contributed by atoms with Crippen LogP contribution in [0.3, 0.4) is 0 Å². The van der Waals surface area contributed by atoms with Crippen LogP contribution in [0.25, 0.3) is 99.5 Å². The molecule has 0 fully saturated rings. The van der Waals surface area contributed by atoms with E-state index in [-0.39, 0.29) is 0 Å². The van der Waals surface area contributed by atoms with Gasteiger partial charge < -0.3 is 8.82 Å². The lowest BCUT2D eigenvalue weighted by Crippen LogP contribution is -2.02. The molecule has 5 heteroatoms. The molecular weight excluding hydrogens is 576 g/mol. The molecule has 6 aromatic carbocycles. The molecule has 0 radical (unpaired) electrons. The molecule has 0 bridgehead atoms. The summed E-state index contributed by atoms with van der Waals surface area (Å²) in [5.41, 5.74) is 10.3. The number of benzene rings is 6. The second-order valence-electron chi connectivity index (χ2n) is 12.2. The van der Waals surface area contributed by atoms with Crippen molar-refractivity contribution in [3.05, 3.63) is 146 Å². The van der Waals surface area contributed by atoms with Crippen molar-refractivity contribution in [3.63, 3.8) is 0 Å². The molecule has 5 nitrogen and oxygen atoms in total. The Labute approximate surface area is 267 Å². The van der Waals surface area contributed by atoms with Gasteiger partial charge in [0, 0.05) is 33.4 Å². The van der Waals surface area contributed by atoms with Gasteiger partial charge in [0.1, 0.15) is 17.0 Å². The number of fused-ring (bicyclic) bond motifs is 5. The highest BCUT2D eigenvalue weighted by Gasteiger charge is 2.26. The highest BCUT2D eigenvalue weighted by molar-refractivity contribution is 6.33. The molecule has 0 unspecified atom stereocenters. The Morgan fingerprint density at radius 3 is 1.89 bits per heavy atom. The summed E-state index contributed by atoms with van der Waals surface area (Å²) >= 11 is 0. The van der Waals surface area contributed by atoms with Crippen LogP contribution >= 0.6 is 0 Å². The molecule has 11 aromatic rings. The van der Waals surface area contributed by atoms with Crippen molar-refractivity contribution in [3.8, 4) is 28.5 Å². The van der Waals surface area contributed by atoms with E-state index in [4.69, 9.17) is 14.4 Å².